The van der Waals surface area contributed by atoms with Crippen LogP contribution in [0.25, 0.3) is 0 Å². The predicted molar refractivity (Wildman–Crippen MR) is 118 cm³/mol. The molecule has 1 amide bonds. The molecular formula is C26H25NO4. The van der Waals surface area contributed by atoms with E-state index in [0.717, 1.165) is 11.1 Å². The number of Topliss-reactive ketones (excluding diaryl/α,β-unsaturated/α-hetero) is 1. The van der Waals surface area contributed by atoms with Gasteiger partial charge in [0.05, 0.1) is 5.54 Å². The number of hydrogen-bond donors (Lipinski definition) is 1. The molecule has 5 heteroatoms. The van der Waals surface area contributed by atoms with Crippen LogP contribution in [0.5, 0.6) is 11.5 Å². The molecule has 3 aromatic rings. The van der Waals surface area contributed by atoms with Gasteiger partial charge in [0, 0.05) is 18.4 Å². The minimum Gasteiger partial charge on any atom is -0.486 e. The number of amides is 1. The van der Waals surface area contributed by atoms with Crippen LogP contribution in [0.4, 0.5) is 0 Å². The Hall–Kier alpha value is -3.60. The first kappa shape index (κ1) is 20.7. The fourth-order valence-electron chi connectivity index (χ4n) is 3.78. The number of ketones is 1. The minimum absolute atomic E-state index is 0.0997. The van der Waals surface area contributed by atoms with Gasteiger partial charge in [0.2, 0.25) is 5.91 Å². The maximum Gasteiger partial charge on any atom is 0.221 e. The third-order valence-electron chi connectivity index (χ3n) is 5.53. The van der Waals surface area contributed by atoms with E-state index in [4.69, 9.17) is 9.47 Å². The molecule has 0 bridgehead atoms. The highest BCUT2D eigenvalue weighted by atomic mass is 16.6. The Morgan fingerprint density at radius 1 is 0.806 bits per heavy atom. The van der Waals surface area contributed by atoms with Gasteiger partial charge in [-0.25, -0.2) is 0 Å². The summed E-state index contributed by atoms with van der Waals surface area (Å²) in [5.41, 5.74) is 1.78. The van der Waals surface area contributed by atoms with Crippen LogP contribution in [0, 0.1) is 0 Å². The van der Waals surface area contributed by atoms with E-state index in [1.807, 2.05) is 67.6 Å². The summed E-state index contributed by atoms with van der Waals surface area (Å²) >= 11 is 0. The molecule has 0 saturated carbocycles. The highest BCUT2D eigenvalue weighted by Crippen LogP contribution is 2.32. The van der Waals surface area contributed by atoms with Crippen molar-refractivity contribution in [3.05, 3.63) is 95.6 Å². The number of fused-ring (bicyclic) bond motifs is 1. The largest absolute Gasteiger partial charge is 0.486 e. The van der Waals surface area contributed by atoms with Crippen LogP contribution in [0.1, 0.15) is 41.3 Å². The predicted octanol–water partition coefficient (Wildman–Crippen LogP) is 4.50. The second kappa shape index (κ2) is 9.04. The van der Waals surface area contributed by atoms with E-state index in [1.54, 1.807) is 18.2 Å². The summed E-state index contributed by atoms with van der Waals surface area (Å²) in [7, 11) is 0. The third kappa shape index (κ3) is 4.61. The number of hydrogen-bond acceptors (Lipinski definition) is 4. The Kier molecular flexibility index (Phi) is 6.03. The Morgan fingerprint density at radius 2 is 1.39 bits per heavy atom. The topological polar surface area (TPSA) is 64.6 Å². The molecule has 5 nitrogen and oxygen atoms in total. The quantitative estimate of drug-likeness (QED) is 0.577. The SMILES string of the molecule is CC(NC(=O)CCC(=O)c1ccc2c(c1)OCCO2)(c1ccccc1)c1ccccc1. The van der Waals surface area contributed by atoms with Crippen LogP contribution < -0.4 is 14.8 Å². The van der Waals surface area contributed by atoms with Gasteiger partial charge >= 0.3 is 0 Å². The number of ether oxygens (including phenoxy) is 2. The van der Waals surface area contributed by atoms with Gasteiger partial charge in [-0.05, 0) is 36.2 Å². The van der Waals surface area contributed by atoms with Crippen molar-refractivity contribution in [1.29, 1.82) is 0 Å². The molecule has 0 aliphatic carbocycles. The highest BCUT2D eigenvalue weighted by molar-refractivity contribution is 5.98. The first-order chi connectivity index (χ1) is 15.1. The summed E-state index contributed by atoms with van der Waals surface area (Å²) in [6, 6.07) is 24.8. The lowest BCUT2D eigenvalue weighted by Gasteiger charge is -2.32. The molecule has 0 unspecified atom stereocenters. The number of nitrogens with one attached hydrogen (secondary N) is 1. The molecule has 3 aromatic carbocycles. The molecule has 1 aliphatic rings. The minimum atomic E-state index is -0.695. The molecule has 0 radical (unpaired) electrons. The lowest BCUT2D eigenvalue weighted by atomic mass is 9.84. The van der Waals surface area contributed by atoms with E-state index < -0.39 is 5.54 Å². The van der Waals surface area contributed by atoms with E-state index in [0.29, 0.717) is 30.3 Å². The van der Waals surface area contributed by atoms with Crippen molar-refractivity contribution in [3.8, 4) is 11.5 Å². The van der Waals surface area contributed by atoms with E-state index in [1.165, 1.54) is 0 Å². The molecule has 158 valence electrons. The van der Waals surface area contributed by atoms with Crippen LogP contribution in [0.2, 0.25) is 0 Å². The van der Waals surface area contributed by atoms with Gasteiger partial charge in [-0.1, -0.05) is 60.7 Å². The molecule has 31 heavy (non-hydrogen) atoms. The zero-order valence-electron chi connectivity index (χ0n) is 17.5. The van der Waals surface area contributed by atoms with E-state index in [2.05, 4.69) is 5.32 Å². The Balaban J connectivity index is 1.45. The van der Waals surface area contributed by atoms with Gasteiger partial charge in [0.1, 0.15) is 13.2 Å². The average molecular weight is 415 g/mol. The van der Waals surface area contributed by atoms with Gasteiger partial charge < -0.3 is 14.8 Å². The zero-order valence-corrected chi connectivity index (χ0v) is 17.5. The van der Waals surface area contributed by atoms with Crippen LogP contribution in [-0.2, 0) is 10.3 Å². The number of carbonyl (C=O) groups excluding carboxylic acids is 2. The van der Waals surface area contributed by atoms with E-state index >= 15 is 0 Å². The fourth-order valence-corrected chi connectivity index (χ4v) is 3.78. The summed E-state index contributed by atoms with van der Waals surface area (Å²) in [5, 5.41) is 3.15. The van der Waals surface area contributed by atoms with Crippen LogP contribution >= 0.6 is 0 Å². The smallest absolute Gasteiger partial charge is 0.221 e. The van der Waals surface area contributed by atoms with Crippen molar-refractivity contribution in [2.75, 3.05) is 13.2 Å². The van der Waals surface area contributed by atoms with Crippen molar-refractivity contribution in [2.45, 2.75) is 25.3 Å². The standard InChI is InChI=1S/C26H25NO4/c1-26(20-8-4-2-5-9-20,21-10-6-3-7-11-21)27-25(29)15-13-22(28)19-12-14-23-24(18-19)31-17-16-30-23/h2-12,14,18H,13,15-17H2,1H3,(H,27,29). The van der Waals surface area contributed by atoms with Crippen molar-refractivity contribution in [2.24, 2.45) is 0 Å². The second-order valence-electron chi connectivity index (χ2n) is 7.69. The summed E-state index contributed by atoms with van der Waals surface area (Å²) in [6.07, 6.45) is 0.216. The van der Waals surface area contributed by atoms with Gasteiger partial charge in [-0.15, -0.1) is 0 Å². The Labute approximate surface area is 182 Å². The number of carbonyl (C=O) groups is 2. The molecule has 0 spiro atoms. The Morgan fingerprint density at radius 3 is 2.00 bits per heavy atom. The van der Waals surface area contributed by atoms with Crippen LogP contribution in [-0.4, -0.2) is 24.9 Å². The highest BCUT2D eigenvalue weighted by Gasteiger charge is 2.30. The Bertz CT molecular complexity index is 1020. The first-order valence-electron chi connectivity index (χ1n) is 10.4. The summed E-state index contributed by atoms with van der Waals surface area (Å²) in [4.78, 5) is 25.5. The molecule has 4 rings (SSSR count). The van der Waals surface area contributed by atoms with Gasteiger partial charge in [0.15, 0.2) is 17.3 Å². The van der Waals surface area contributed by atoms with E-state index in [-0.39, 0.29) is 24.5 Å². The van der Waals surface area contributed by atoms with Crippen molar-refractivity contribution >= 4 is 11.7 Å². The first-order valence-corrected chi connectivity index (χ1v) is 10.4. The van der Waals surface area contributed by atoms with Crippen molar-refractivity contribution in [1.82, 2.24) is 5.32 Å². The molecule has 0 atom stereocenters. The fraction of sp³-hybridized carbons (Fsp3) is 0.231. The monoisotopic (exact) mass is 415 g/mol. The number of benzene rings is 3. The average Bonchev–Trinajstić information content (AvgIpc) is 2.83. The van der Waals surface area contributed by atoms with Crippen LogP contribution in [0.3, 0.4) is 0 Å². The maximum atomic E-state index is 12.9. The van der Waals surface area contributed by atoms with Gasteiger partial charge in [0.25, 0.3) is 0 Å². The zero-order chi connectivity index (χ0) is 21.7. The van der Waals surface area contributed by atoms with Crippen LogP contribution in [0.15, 0.2) is 78.9 Å². The second-order valence-corrected chi connectivity index (χ2v) is 7.69. The summed E-state index contributed by atoms with van der Waals surface area (Å²) < 4.78 is 11.0. The number of rotatable bonds is 7. The molecule has 1 aliphatic heterocycles. The molecule has 0 fully saturated rings. The van der Waals surface area contributed by atoms with Gasteiger partial charge in [-0.2, -0.15) is 0 Å². The van der Waals surface area contributed by atoms with Gasteiger partial charge in [-0.3, -0.25) is 9.59 Å². The summed E-state index contributed by atoms with van der Waals surface area (Å²) in [5.74, 6) is 0.929. The van der Waals surface area contributed by atoms with Crippen molar-refractivity contribution < 1.29 is 19.1 Å². The van der Waals surface area contributed by atoms with E-state index in [9.17, 15) is 9.59 Å². The normalized spacial score (nSPS) is 12.8. The molecule has 1 heterocycles. The third-order valence-corrected chi connectivity index (χ3v) is 5.53. The lowest BCUT2D eigenvalue weighted by Crippen LogP contribution is -2.44. The molecule has 0 aromatic heterocycles. The van der Waals surface area contributed by atoms with Crippen molar-refractivity contribution in [3.63, 3.8) is 0 Å². The molecular weight excluding hydrogens is 390 g/mol. The maximum absolute atomic E-state index is 12.9. The summed E-state index contributed by atoms with van der Waals surface area (Å²) in [6.45, 7) is 2.95. The molecule has 1 N–H and O–H groups in total. The lowest BCUT2D eigenvalue weighted by molar-refractivity contribution is -0.122. The molecule has 0 saturated heterocycles.